The van der Waals surface area contributed by atoms with E-state index in [2.05, 4.69) is 5.32 Å². The SMILES string of the molecule is CCC(=O)OCC(=O)Nc1cc(Cl)ccc1OC. The number of carbonyl (C=O) groups is 2. The van der Waals surface area contributed by atoms with Gasteiger partial charge in [-0.3, -0.25) is 9.59 Å². The van der Waals surface area contributed by atoms with E-state index in [-0.39, 0.29) is 13.0 Å². The number of halogens is 1. The molecule has 1 amide bonds. The molecule has 0 aliphatic carbocycles. The van der Waals surface area contributed by atoms with Gasteiger partial charge < -0.3 is 14.8 Å². The molecule has 1 aromatic rings. The van der Waals surface area contributed by atoms with Crippen LogP contribution in [0.4, 0.5) is 5.69 Å². The van der Waals surface area contributed by atoms with Gasteiger partial charge in [0.25, 0.3) is 5.91 Å². The number of hydrogen-bond donors (Lipinski definition) is 1. The van der Waals surface area contributed by atoms with Crippen molar-refractivity contribution in [3.63, 3.8) is 0 Å². The Morgan fingerprint density at radius 2 is 2.11 bits per heavy atom. The van der Waals surface area contributed by atoms with E-state index in [1.807, 2.05) is 0 Å². The van der Waals surface area contributed by atoms with Gasteiger partial charge in [-0.2, -0.15) is 0 Å². The molecule has 0 atom stereocenters. The number of anilines is 1. The van der Waals surface area contributed by atoms with Crippen LogP contribution in [0.25, 0.3) is 0 Å². The summed E-state index contributed by atoms with van der Waals surface area (Å²) in [7, 11) is 1.48. The summed E-state index contributed by atoms with van der Waals surface area (Å²) in [6.07, 6.45) is 0.230. The fourth-order valence-corrected chi connectivity index (χ4v) is 1.38. The molecular formula is C12H14ClNO4. The summed E-state index contributed by atoms with van der Waals surface area (Å²) in [5.41, 5.74) is 0.433. The Kier molecular flexibility index (Phi) is 5.45. The molecule has 0 radical (unpaired) electrons. The van der Waals surface area contributed by atoms with Crippen molar-refractivity contribution in [1.29, 1.82) is 0 Å². The molecule has 0 spiro atoms. The first-order valence-electron chi connectivity index (χ1n) is 5.35. The van der Waals surface area contributed by atoms with Crippen molar-refractivity contribution in [3.05, 3.63) is 23.2 Å². The van der Waals surface area contributed by atoms with Gasteiger partial charge in [0.15, 0.2) is 6.61 Å². The molecule has 0 fully saturated rings. The number of ether oxygens (including phenoxy) is 2. The second kappa shape index (κ2) is 6.86. The Bertz CT molecular complexity index is 448. The smallest absolute Gasteiger partial charge is 0.306 e. The molecule has 98 valence electrons. The monoisotopic (exact) mass is 271 g/mol. The molecule has 0 saturated heterocycles. The number of methoxy groups -OCH3 is 1. The van der Waals surface area contributed by atoms with Gasteiger partial charge in [-0.15, -0.1) is 0 Å². The van der Waals surface area contributed by atoms with Crippen molar-refractivity contribution in [2.45, 2.75) is 13.3 Å². The van der Waals surface area contributed by atoms with Crippen LogP contribution in [0, 0.1) is 0 Å². The lowest BCUT2D eigenvalue weighted by Crippen LogP contribution is -2.20. The van der Waals surface area contributed by atoms with Gasteiger partial charge in [0, 0.05) is 11.4 Å². The van der Waals surface area contributed by atoms with Crippen molar-refractivity contribution >= 4 is 29.2 Å². The summed E-state index contributed by atoms with van der Waals surface area (Å²) in [6, 6.07) is 4.84. The van der Waals surface area contributed by atoms with Gasteiger partial charge >= 0.3 is 5.97 Å². The zero-order valence-corrected chi connectivity index (χ0v) is 10.9. The number of esters is 1. The first-order chi connectivity index (χ1) is 8.56. The van der Waals surface area contributed by atoms with Crippen LogP contribution in [0.5, 0.6) is 5.75 Å². The first-order valence-corrected chi connectivity index (χ1v) is 5.73. The molecule has 0 heterocycles. The fraction of sp³-hybridized carbons (Fsp3) is 0.333. The largest absolute Gasteiger partial charge is 0.495 e. The van der Waals surface area contributed by atoms with E-state index in [1.165, 1.54) is 7.11 Å². The Balaban J connectivity index is 2.63. The number of hydrogen-bond acceptors (Lipinski definition) is 4. The zero-order valence-electron chi connectivity index (χ0n) is 10.2. The Morgan fingerprint density at radius 1 is 1.39 bits per heavy atom. The molecule has 1 aromatic carbocycles. The fourth-order valence-electron chi connectivity index (χ4n) is 1.21. The molecule has 0 aliphatic rings. The molecule has 0 bridgehead atoms. The Morgan fingerprint density at radius 3 is 2.72 bits per heavy atom. The second-order valence-electron chi connectivity index (χ2n) is 3.41. The highest BCUT2D eigenvalue weighted by Gasteiger charge is 2.10. The normalized spacial score (nSPS) is 9.72. The summed E-state index contributed by atoms with van der Waals surface area (Å²) < 4.78 is 9.77. The molecule has 1 N–H and O–H groups in total. The molecule has 0 saturated carbocycles. The van der Waals surface area contributed by atoms with Crippen molar-refractivity contribution in [2.75, 3.05) is 19.0 Å². The third kappa shape index (κ3) is 4.25. The van der Waals surface area contributed by atoms with Crippen LogP contribution in [0.15, 0.2) is 18.2 Å². The maximum Gasteiger partial charge on any atom is 0.306 e. The number of rotatable bonds is 5. The van der Waals surface area contributed by atoms with Crippen LogP contribution in [0.1, 0.15) is 13.3 Å². The summed E-state index contributed by atoms with van der Waals surface area (Å²) in [4.78, 5) is 22.4. The third-order valence-electron chi connectivity index (χ3n) is 2.09. The number of benzene rings is 1. The van der Waals surface area contributed by atoms with Crippen molar-refractivity contribution in [1.82, 2.24) is 0 Å². The average molecular weight is 272 g/mol. The first kappa shape index (κ1) is 14.3. The van der Waals surface area contributed by atoms with E-state index in [4.69, 9.17) is 21.1 Å². The van der Waals surface area contributed by atoms with Crippen molar-refractivity contribution < 1.29 is 19.1 Å². The molecule has 5 nitrogen and oxygen atoms in total. The van der Waals surface area contributed by atoms with Gasteiger partial charge in [-0.1, -0.05) is 18.5 Å². The number of amides is 1. The number of carbonyl (C=O) groups excluding carboxylic acids is 2. The quantitative estimate of drug-likeness (QED) is 0.834. The maximum absolute atomic E-state index is 11.5. The lowest BCUT2D eigenvalue weighted by atomic mass is 10.3. The third-order valence-corrected chi connectivity index (χ3v) is 2.32. The van der Waals surface area contributed by atoms with E-state index in [0.717, 1.165) is 0 Å². The highest BCUT2D eigenvalue weighted by molar-refractivity contribution is 6.31. The molecular weight excluding hydrogens is 258 g/mol. The lowest BCUT2D eigenvalue weighted by Gasteiger charge is -2.10. The van der Waals surface area contributed by atoms with Gasteiger partial charge in [0.1, 0.15) is 5.75 Å². The topological polar surface area (TPSA) is 64.6 Å². The summed E-state index contributed by atoms with van der Waals surface area (Å²) in [5, 5.41) is 3.03. The lowest BCUT2D eigenvalue weighted by molar-refractivity contribution is -0.146. The average Bonchev–Trinajstić information content (AvgIpc) is 2.36. The van der Waals surface area contributed by atoms with Crippen LogP contribution in [0.3, 0.4) is 0 Å². The summed E-state index contributed by atoms with van der Waals surface area (Å²) >= 11 is 5.81. The van der Waals surface area contributed by atoms with E-state index < -0.39 is 11.9 Å². The van der Waals surface area contributed by atoms with Gasteiger partial charge in [-0.25, -0.2) is 0 Å². The van der Waals surface area contributed by atoms with Crippen LogP contribution in [0.2, 0.25) is 5.02 Å². The van der Waals surface area contributed by atoms with E-state index in [9.17, 15) is 9.59 Å². The van der Waals surface area contributed by atoms with Crippen LogP contribution in [-0.2, 0) is 14.3 Å². The van der Waals surface area contributed by atoms with Gasteiger partial charge in [0.2, 0.25) is 0 Å². The molecule has 0 aliphatic heterocycles. The van der Waals surface area contributed by atoms with E-state index >= 15 is 0 Å². The number of nitrogens with one attached hydrogen (secondary N) is 1. The van der Waals surface area contributed by atoms with Crippen LogP contribution < -0.4 is 10.1 Å². The zero-order chi connectivity index (χ0) is 13.5. The van der Waals surface area contributed by atoms with Crippen molar-refractivity contribution in [2.24, 2.45) is 0 Å². The van der Waals surface area contributed by atoms with Gasteiger partial charge in [0.05, 0.1) is 12.8 Å². The predicted molar refractivity (Wildman–Crippen MR) is 67.9 cm³/mol. The van der Waals surface area contributed by atoms with Crippen LogP contribution in [-0.4, -0.2) is 25.6 Å². The molecule has 0 aromatic heterocycles. The van der Waals surface area contributed by atoms with E-state index in [1.54, 1.807) is 25.1 Å². The summed E-state index contributed by atoms with van der Waals surface area (Å²) in [6.45, 7) is 1.32. The standard InChI is InChI=1S/C12H14ClNO4/c1-3-12(16)18-7-11(15)14-9-6-8(13)4-5-10(9)17-2/h4-6H,3,7H2,1-2H3,(H,14,15). The minimum atomic E-state index is -0.447. The Hall–Kier alpha value is -1.75. The minimum Gasteiger partial charge on any atom is -0.495 e. The summed E-state index contributed by atoms with van der Waals surface area (Å²) in [5.74, 6) is -0.393. The molecule has 1 rings (SSSR count). The van der Waals surface area contributed by atoms with Gasteiger partial charge in [-0.05, 0) is 18.2 Å². The minimum absolute atomic E-state index is 0.230. The highest BCUT2D eigenvalue weighted by Crippen LogP contribution is 2.27. The highest BCUT2D eigenvalue weighted by atomic mass is 35.5. The van der Waals surface area contributed by atoms with E-state index in [0.29, 0.717) is 16.5 Å². The predicted octanol–water partition coefficient (Wildman–Crippen LogP) is 2.24. The molecule has 6 heteroatoms. The molecule has 0 unspecified atom stereocenters. The van der Waals surface area contributed by atoms with Crippen molar-refractivity contribution in [3.8, 4) is 5.75 Å². The Labute approximate surface area is 110 Å². The van der Waals surface area contributed by atoms with Crippen LogP contribution >= 0.6 is 11.6 Å². The maximum atomic E-state index is 11.5. The molecule has 18 heavy (non-hydrogen) atoms. The second-order valence-corrected chi connectivity index (χ2v) is 3.84.